The number of aryl methyl sites for hydroxylation is 3. The Hall–Kier alpha value is -4.19. The smallest absolute Gasteiger partial charge is 0.426 e. The van der Waals surface area contributed by atoms with Crippen molar-refractivity contribution >= 4 is 17.0 Å². The normalized spacial score (nSPS) is 17.0. The fourth-order valence-corrected chi connectivity index (χ4v) is 5.64. The molecule has 222 valence electrons. The van der Waals surface area contributed by atoms with E-state index in [0.29, 0.717) is 11.1 Å². The van der Waals surface area contributed by atoms with Crippen LogP contribution in [0.25, 0.3) is 11.0 Å². The summed E-state index contributed by atoms with van der Waals surface area (Å²) in [6, 6.07) is 11.8. The Kier molecular flexibility index (Phi) is 7.38. The average Bonchev–Trinajstić information content (AvgIpc) is 3.18. The third kappa shape index (κ3) is 5.38. The minimum atomic E-state index is -4.62. The van der Waals surface area contributed by atoms with Gasteiger partial charge in [0.15, 0.2) is 0 Å². The third-order valence-electron chi connectivity index (χ3n) is 8.11. The van der Waals surface area contributed by atoms with Gasteiger partial charge in [0.1, 0.15) is 17.0 Å². The molecular formula is C30H32F3N5O4. The third-order valence-corrected chi connectivity index (χ3v) is 8.11. The van der Waals surface area contributed by atoms with Crippen molar-refractivity contribution in [1.29, 1.82) is 0 Å². The van der Waals surface area contributed by atoms with Crippen LogP contribution in [0.4, 0.5) is 13.2 Å². The topological polar surface area (TPSA) is 114 Å². The van der Waals surface area contributed by atoms with Crippen molar-refractivity contribution in [3.8, 4) is 11.6 Å². The van der Waals surface area contributed by atoms with E-state index in [1.165, 1.54) is 12.1 Å². The van der Waals surface area contributed by atoms with Gasteiger partial charge in [-0.15, -0.1) is 5.10 Å². The van der Waals surface area contributed by atoms with Crippen molar-refractivity contribution in [1.82, 2.24) is 24.9 Å². The van der Waals surface area contributed by atoms with E-state index in [9.17, 15) is 28.2 Å². The molecule has 0 fully saturated rings. The second-order valence-electron chi connectivity index (χ2n) is 11.4. The van der Waals surface area contributed by atoms with Gasteiger partial charge in [0.2, 0.25) is 12.0 Å². The molecule has 0 radical (unpaired) electrons. The molecule has 0 aliphatic carbocycles. The lowest BCUT2D eigenvalue weighted by atomic mass is 9.69. The Morgan fingerprint density at radius 3 is 2.57 bits per heavy atom. The van der Waals surface area contributed by atoms with Crippen LogP contribution < -0.4 is 4.74 Å². The van der Waals surface area contributed by atoms with Crippen molar-refractivity contribution in [2.75, 3.05) is 6.54 Å². The van der Waals surface area contributed by atoms with Gasteiger partial charge in [0, 0.05) is 38.7 Å². The van der Waals surface area contributed by atoms with Gasteiger partial charge in [-0.3, -0.25) is 9.69 Å². The number of benzene rings is 2. The molecular weight excluding hydrogens is 551 g/mol. The van der Waals surface area contributed by atoms with Crippen LogP contribution in [0.2, 0.25) is 0 Å². The highest BCUT2D eigenvalue weighted by atomic mass is 19.4. The molecule has 5 rings (SSSR count). The lowest BCUT2D eigenvalue weighted by Gasteiger charge is -2.33. The van der Waals surface area contributed by atoms with Gasteiger partial charge in [0.25, 0.3) is 0 Å². The second kappa shape index (κ2) is 10.6. The number of hydrogen-bond acceptors (Lipinski definition) is 7. The van der Waals surface area contributed by atoms with E-state index < -0.39 is 36.1 Å². The summed E-state index contributed by atoms with van der Waals surface area (Å²) in [5.41, 5.74) is 4.32. The summed E-state index contributed by atoms with van der Waals surface area (Å²) in [5.74, 6) is -1.93. The molecule has 0 bridgehead atoms. The van der Waals surface area contributed by atoms with Crippen LogP contribution in [0, 0.1) is 19.3 Å². The van der Waals surface area contributed by atoms with Crippen LogP contribution in [0.5, 0.6) is 11.6 Å². The summed E-state index contributed by atoms with van der Waals surface area (Å²) in [4.78, 5) is 18.2. The van der Waals surface area contributed by atoms with E-state index in [-0.39, 0.29) is 30.4 Å². The maximum absolute atomic E-state index is 13.9. The largest absolute Gasteiger partial charge is 0.493 e. The van der Waals surface area contributed by atoms with Gasteiger partial charge in [-0.05, 0) is 67.6 Å². The molecule has 42 heavy (non-hydrogen) atoms. The molecule has 1 aliphatic heterocycles. The molecule has 9 nitrogen and oxygen atoms in total. The van der Waals surface area contributed by atoms with Crippen molar-refractivity contribution in [2.24, 2.45) is 12.5 Å². The van der Waals surface area contributed by atoms with Gasteiger partial charge in [-0.2, -0.15) is 13.2 Å². The van der Waals surface area contributed by atoms with E-state index >= 15 is 0 Å². The second-order valence-corrected chi connectivity index (χ2v) is 11.4. The first-order chi connectivity index (χ1) is 19.7. The zero-order chi connectivity index (χ0) is 30.6. The van der Waals surface area contributed by atoms with Crippen molar-refractivity contribution < 1.29 is 32.9 Å². The first-order valence-electron chi connectivity index (χ1n) is 13.4. The molecule has 12 heteroatoms. The molecule has 4 aromatic rings. The predicted molar refractivity (Wildman–Crippen MR) is 148 cm³/mol. The van der Waals surface area contributed by atoms with Gasteiger partial charge in [-0.25, -0.2) is 9.67 Å². The maximum Gasteiger partial charge on any atom is 0.426 e. The number of aromatic nitrogens is 4. The zero-order valence-electron chi connectivity index (χ0n) is 23.9. The van der Waals surface area contributed by atoms with Crippen molar-refractivity contribution in [3.63, 3.8) is 0 Å². The van der Waals surface area contributed by atoms with Crippen LogP contribution in [0.3, 0.4) is 0 Å². The number of fused-ring (bicyclic) bond motifs is 2. The monoisotopic (exact) mass is 583 g/mol. The number of halogens is 3. The quantitative estimate of drug-likeness (QED) is 0.316. The highest BCUT2D eigenvalue weighted by Crippen LogP contribution is 2.44. The molecule has 0 amide bonds. The van der Waals surface area contributed by atoms with Gasteiger partial charge >= 0.3 is 12.1 Å². The molecule has 2 N–H and O–H groups in total. The Labute approximate surface area is 240 Å². The lowest BCUT2D eigenvalue weighted by molar-refractivity contribution is -0.198. The minimum Gasteiger partial charge on any atom is -0.493 e. The first kappa shape index (κ1) is 29.3. The predicted octanol–water partition coefficient (Wildman–Crippen LogP) is 5.25. The van der Waals surface area contributed by atoms with Gasteiger partial charge < -0.3 is 14.9 Å². The SMILES string of the molecule is Cc1ccc([C@@H](c2ccc3c(nnn3C)c2C)C(C)(C)C(=O)O)cc1CN1Cc2nc(O)ccc2OC(C(F)(F)F)C1. The summed E-state index contributed by atoms with van der Waals surface area (Å²) in [6.45, 7) is 6.77. The number of alkyl halides is 3. The molecule has 2 aromatic heterocycles. The molecule has 2 aromatic carbocycles. The van der Waals surface area contributed by atoms with Crippen LogP contribution in [0.1, 0.15) is 53.3 Å². The van der Waals surface area contributed by atoms with Gasteiger partial charge in [-0.1, -0.05) is 29.5 Å². The Bertz CT molecular complexity index is 1670. The fourth-order valence-electron chi connectivity index (χ4n) is 5.64. The summed E-state index contributed by atoms with van der Waals surface area (Å²) in [5, 5.41) is 28.6. The Balaban J connectivity index is 1.57. The van der Waals surface area contributed by atoms with E-state index in [1.807, 2.05) is 44.2 Å². The van der Waals surface area contributed by atoms with Crippen molar-refractivity contribution in [2.45, 2.75) is 59.0 Å². The summed E-state index contributed by atoms with van der Waals surface area (Å²) < 4.78 is 48.7. The molecule has 0 saturated heterocycles. The van der Waals surface area contributed by atoms with E-state index in [2.05, 4.69) is 15.3 Å². The van der Waals surface area contributed by atoms with Crippen LogP contribution >= 0.6 is 0 Å². The minimum absolute atomic E-state index is 0.0203. The summed E-state index contributed by atoms with van der Waals surface area (Å²) in [6.07, 6.45) is -6.71. The molecule has 0 spiro atoms. The molecule has 2 atom stereocenters. The highest BCUT2D eigenvalue weighted by molar-refractivity contribution is 5.81. The number of carboxylic acid groups (broad SMARTS) is 1. The zero-order valence-corrected chi connectivity index (χ0v) is 23.9. The number of aliphatic carboxylic acids is 1. The Morgan fingerprint density at radius 2 is 1.88 bits per heavy atom. The van der Waals surface area contributed by atoms with Crippen LogP contribution in [-0.2, 0) is 24.9 Å². The number of ether oxygens (including phenoxy) is 1. The number of nitrogens with zero attached hydrogens (tertiary/aromatic N) is 5. The number of pyridine rings is 1. The summed E-state index contributed by atoms with van der Waals surface area (Å²) >= 11 is 0. The number of carboxylic acids is 1. The van der Waals surface area contributed by atoms with Crippen molar-refractivity contribution in [3.05, 3.63) is 76.0 Å². The highest BCUT2D eigenvalue weighted by Gasteiger charge is 2.45. The lowest BCUT2D eigenvalue weighted by Crippen LogP contribution is -2.42. The van der Waals surface area contributed by atoms with Crippen LogP contribution in [-0.4, -0.2) is 59.9 Å². The summed E-state index contributed by atoms with van der Waals surface area (Å²) in [7, 11) is 1.78. The number of carbonyl (C=O) groups is 1. The van der Waals surface area contributed by atoms with E-state index in [4.69, 9.17) is 4.74 Å². The molecule has 1 aliphatic rings. The van der Waals surface area contributed by atoms with Crippen LogP contribution in [0.15, 0.2) is 42.5 Å². The number of hydrogen-bond donors (Lipinski definition) is 2. The number of aromatic hydroxyl groups is 1. The standard InChI is InChI=1S/C30H32F3N5O4/c1-16-6-7-18(26(29(3,4)28(40)41)20-8-9-22-27(17(20)2)35-36-37(22)5)12-19(16)13-38-14-21-23(10-11-25(39)34-21)42-24(15-38)30(31,32)33/h6-12,24,26H,13-15H2,1-5H3,(H,34,39)(H,40,41)/t24?,26-/m0/s1. The Morgan fingerprint density at radius 1 is 1.14 bits per heavy atom. The molecule has 3 heterocycles. The number of rotatable bonds is 6. The maximum atomic E-state index is 13.9. The van der Waals surface area contributed by atoms with E-state index in [0.717, 1.165) is 27.8 Å². The first-order valence-corrected chi connectivity index (χ1v) is 13.4. The van der Waals surface area contributed by atoms with E-state index in [1.54, 1.807) is 30.5 Å². The molecule has 1 unspecified atom stereocenters. The fraction of sp³-hybridized carbons (Fsp3) is 0.400. The average molecular weight is 584 g/mol. The molecule has 0 saturated carbocycles. The van der Waals surface area contributed by atoms with Gasteiger partial charge in [0.05, 0.1) is 10.9 Å².